The fourth-order valence-corrected chi connectivity index (χ4v) is 6.21. The van der Waals surface area contributed by atoms with E-state index in [-0.39, 0.29) is 22.4 Å². The average Bonchev–Trinajstić information content (AvgIpc) is 2.80. The van der Waals surface area contributed by atoms with Crippen molar-refractivity contribution in [2.24, 2.45) is 10.8 Å². The SMILES string of the molecule is COc1cc(C2C3=C(CC(C)(C)CC3=O)NC3=C2C(=O)CC(C)(C)C3)ccc1OCc1ccc(Br)cc1. The lowest BCUT2D eigenvalue weighted by Gasteiger charge is -2.44. The molecule has 0 saturated heterocycles. The van der Waals surface area contributed by atoms with Crippen LogP contribution in [-0.4, -0.2) is 18.7 Å². The van der Waals surface area contributed by atoms with E-state index in [0.717, 1.165) is 51.0 Å². The van der Waals surface area contributed by atoms with Crippen LogP contribution < -0.4 is 14.8 Å². The van der Waals surface area contributed by atoms with Crippen LogP contribution in [0.15, 0.2) is 69.5 Å². The number of ether oxygens (including phenoxy) is 2. The Balaban J connectivity index is 1.55. The second-order valence-electron chi connectivity index (χ2n) is 12.0. The number of carbonyl (C=O) groups is 2. The number of hydrogen-bond acceptors (Lipinski definition) is 5. The van der Waals surface area contributed by atoms with Gasteiger partial charge in [0.15, 0.2) is 23.1 Å². The molecule has 0 unspecified atom stereocenters. The van der Waals surface area contributed by atoms with Gasteiger partial charge in [-0.25, -0.2) is 0 Å². The first-order valence-electron chi connectivity index (χ1n) is 12.8. The molecule has 6 heteroatoms. The van der Waals surface area contributed by atoms with Crippen molar-refractivity contribution >= 4 is 27.5 Å². The Morgan fingerprint density at radius 1 is 0.838 bits per heavy atom. The summed E-state index contributed by atoms with van der Waals surface area (Å²) in [7, 11) is 1.62. The van der Waals surface area contributed by atoms with E-state index >= 15 is 0 Å². The molecule has 37 heavy (non-hydrogen) atoms. The first-order valence-corrected chi connectivity index (χ1v) is 13.6. The van der Waals surface area contributed by atoms with Crippen LogP contribution in [0.3, 0.4) is 0 Å². The second-order valence-corrected chi connectivity index (χ2v) is 13.0. The quantitative estimate of drug-likeness (QED) is 0.423. The minimum Gasteiger partial charge on any atom is -0.493 e. The zero-order valence-corrected chi connectivity index (χ0v) is 23.8. The van der Waals surface area contributed by atoms with E-state index < -0.39 is 5.92 Å². The van der Waals surface area contributed by atoms with Gasteiger partial charge >= 0.3 is 0 Å². The number of hydrogen-bond donors (Lipinski definition) is 1. The maximum absolute atomic E-state index is 13.6. The van der Waals surface area contributed by atoms with Crippen LogP contribution in [0.25, 0.3) is 0 Å². The highest BCUT2D eigenvalue weighted by atomic mass is 79.9. The summed E-state index contributed by atoms with van der Waals surface area (Å²) in [6.07, 6.45) is 2.50. The number of ketones is 2. The van der Waals surface area contributed by atoms with Crippen molar-refractivity contribution in [1.29, 1.82) is 0 Å². The third kappa shape index (κ3) is 5.13. The van der Waals surface area contributed by atoms with Crippen LogP contribution >= 0.6 is 15.9 Å². The highest BCUT2D eigenvalue weighted by molar-refractivity contribution is 9.10. The Hall–Kier alpha value is -2.86. The van der Waals surface area contributed by atoms with E-state index in [0.29, 0.717) is 30.9 Å². The Labute approximate surface area is 227 Å². The van der Waals surface area contributed by atoms with E-state index in [1.165, 1.54) is 0 Å². The molecule has 3 aliphatic rings. The third-order valence-corrected chi connectivity index (χ3v) is 8.08. The monoisotopic (exact) mass is 563 g/mol. The predicted molar refractivity (Wildman–Crippen MR) is 147 cm³/mol. The minimum atomic E-state index is -0.395. The van der Waals surface area contributed by atoms with E-state index in [1.807, 2.05) is 42.5 Å². The van der Waals surface area contributed by atoms with Crippen LogP contribution in [0.5, 0.6) is 11.5 Å². The van der Waals surface area contributed by atoms with E-state index in [4.69, 9.17) is 9.47 Å². The molecule has 0 radical (unpaired) electrons. The van der Waals surface area contributed by atoms with Gasteiger partial charge in [0.25, 0.3) is 0 Å². The summed E-state index contributed by atoms with van der Waals surface area (Å²) >= 11 is 3.46. The van der Waals surface area contributed by atoms with Crippen LogP contribution in [0.1, 0.15) is 70.4 Å². The fourth-order valence-electron chi connectivity index (χ4n) is 5.95. The van der Waals surface area contributed by atoms with E-state index in [2.05, 4.69) is 48.9 Å². The molecule has 0 spiro atoms. The molecule has 1 heterocycles. The molecular formula is C31H34BrNO4. The van der Waals surface area contributed by atoms with Gasteiger partial charge in [-0.1, -0.05) is 61.8 Å². The van der Waals surface area contributed by atoms with Gasteiger partial charge in [0.05, 0.1) is 7.11 Å². The number of halogens is 1. The molecule has 1 N–H and O–H groups in total. The molecule has 0 atom stereocenters. The molecule has 0 fully saturated rings. The molecule has 0 amide bonds. The van der Waals surface area contributed by atoms with Gasteiger partial charge in [-0.15, -0.1) is 0 Å². The van der Waals surface area contributed by atoms with Gasteiger partial charge in [-0.3, -0.25) is 9.59 Å². The van der Waals surface area contributed by atoms with Crippen molar-refractivity contribution in [3.05, 3.63) is 80.6 Å². The topological polar surface area (TPSA) is 64.6 Å². The molecule has 194 valence electrons. The van der Waals surface area contributed by atoms with Gasteiger partial charge in [0, 0.05) is 45.8 Å². The largest absolute Gasteiger partial charge is 0.493 e. The van der Waals surface area contributed by atoms with E-state index in [9.17, 15) is 9.59 Å². The van der Waals surface area contributed by atoms with Crippen molar-refractivity contribution < 1.29 is 19.1 Å². The molecule has 2 aliphatic carbocycles. The number of rotatable bonds is 5. The van der Waals surface area contributed by atoms with Crippen LogP contribution in [0.2, 0.25) is 0 Å². The Morgan fingerprint density at radius 3 is 1.95 bits per heavy atom. The molecular weight excluding hydrogens is 530 g/mol. The van der Waals surface area contributed by atoms with Gasteiger partial charge in [0.1, 0.15) is 6.61 Å². The molecule has 2 aromatic carbocycles. The van der Waals surface area contributed by atoms with Crippen LogP contribution in [-0.2, 0) is 16.2 Å². The highest BCUT2D eigenvalue weighted by Gasteiger charge is 2.46. The van der Waals surface area contributed by atoms with Crippen molar-refractivity contribution in [2.45, 2.75) is 65.9 Å². The standard InChI is InChI=1S/C31H34BrNO4/c1-30(2)13-21-28(23(34)15-30)27(29-22(33-21)14-31(3,4)16-24(29)35)19-8-11-25(26(12-19)36-5)37-17-18-6-9-20(32)10-7-18/h6-12,27,33H,13-17H2,1-5H3. The lowest BCUT2D eigenvalue weighted by molar-refractivity contribution is -0.119. The van der Waals surface area contributed by atoms with Crippen molar-refractivity contribution in [3.63, 3.8) is 0 Å². The molecule has 1 aliphatic heterocycles. The van der Waals surface area contributed by atoms with Crippen molar-refractivity contribution in [3.8, 4) is 11.5 Å². The first-order chi connectivity index (χ1) is 17.5. The van der Waals surface area contributed by atoms with Crippen LogP contribution in [0, 0.1) is 10.8 Å². The summed E-state index contributed by atoms with van der Waals surface area (Å²) in [6, 6.07) is 13.8. The summed E-state index contributed by atoms with van der Waals surface area (Å²) in [5.74, 6) is 1.04. The highest BCUT2D eigenvalue weighted by Crippen LogP contribution is 2.51. The Kier molecular flexibility index (Phi) is 6.59. The van der Waals surface area contributed by atoms with Gasteiger partial charge in [0.2, 0.25) is 0 Å². The number of Topliss-reactive ketones (excluding diaryl/α,β-unsaturated/α-hetero) is 2. The van der Waals surface area contributed by atoms with Crippen molar-refractivity contribution in [2.75, 3.05) is 7.11 Å². The smallest absolute Gasteiger partial charge is 0.162 e. The molecule has 0 saturated carbocycles. The zero-order chi connectivity index (χ0) is 26.5. The average molecular weight is 565 g/mol. The molecule has 2 aromatic rings. The molecule has 5 nitrogen and oxygen atoms in total. The second kappa shape index (κ2) is 9.46. The lowest BCUT2D eigenvalue weighted by atomic mass is 9.64. The number of nitrogens with one attached hydrogen (secondary N) is 1. The molecule has 5 rings (SSSR count). The number of benzene rings is 2. The summed E-state index contributed by atoms with van der Waals surface area (Å²) < 4.78 is 12.8. The maximum Gasteiger partial charge on any atom is 0.162 e. The predicted octanol–water partition coefficient (Wildman–Crippen LogP) is 7.01. The normalized spacial score (nSPS) is 20.8. The summed E-state index contributed by atoms with van der Waals surface area (Å²) in [5.41, 5.74) is 5.08. The minimum absolute atomic E-state index is 0.113. The first kappa shape index (κ1) is 25.8. The maximum atomic E-state index is 13.6. The van der Waals surface area contributed by atoms with E-state index in [1.54, 1.807) is 7.11 Å². The molecule has 0 aromatic heterocycles. The number of allylic oxidation sites excluding steroid dienone is 4. The summed E-state index contributed by atoms with van der Waals surface area (Å²) in [5, 5.41) is 3.57. The van der Waals surface area contributed by atoms with Gasteiger partial charge in [-0.2, -0.15) is 0 Å². The Morgan fingerprint density at radius 2 is 1.41 bits per heavy atom. The Bertz CT molecular complexity index is 1280. The zero-order valence-electron chi connectivity index (χ0n) is 22.2. The number of carbonyl (C=O) groups excluding carboxylic acids is 2. The molecule has 0 bridgehead atoms. The van der Waals surface area contributed by atoms with Crippen molar-refractivity contribution in [1.82, 2.24) is 5.32 Å². The number of dihydropyridines is 1. The summed E-state index contributed by atoms with van der Waals surface area (Å²) in [6.45, 7) is 8.93. The van der Waals surface area contributed by atoms with Crippen LogP contribution in [0.4, 0.5) is 0 Å². The third-order valence-electron chi connectivity index (χ3n) is 7.55. The number of methoxy groups -OCH3 is 1. The fraction of sp³-hybridized carbons (Fsp3) is 0.419. The van der Waals surface area contributed by atoms with Gasteiger partial charge in [-0.05, 0) is 59.1 Å². The summed E-state index contributed by atoms with van der Waals surface area (Å²) in [4.78, 5) is 27.1. The lowest BCUT2D eigenvalue weighted by Crippen LogP contribution is -2.42. The van der Waals surface area contributed by atoms with Gasteiger partial charge < -0.3 is 14.8 Å².